The molecule has 2 aliphatic carbocycles. The molecule has 4 aromatic carbocycles. The molecule has 1 fully saturated rings. The summed E-state index contributed by atoms with van der Waals surface area (Å²) in [6.45, 7) is 9.31. The van der Waals surface area contributed by atoms with Crippen molar-refractivity contribution in [1.29, 1.82) is 0 Å². The van der Waals surface area contributed by atoms with E-state index in [1.54, 1.807) is 51.1 Å². The normalized spacial score (nSPS) is 15.8. The summed E-state index contributed by atoms with van der Waals surface area (Å²) in [7, 11) is -19.0. The zero-order valence-corrected chi connectivity index (χ0v) is 45.8. The summed E-state index contributed by atoms with van der Waals surface area (Å²) in [6, 6.07) is 15.4. The van der Waals surface area contributed by atoms with Gasteiger partial charge < -0.3 is 35.9 Å². The van der Waals surface area contributed by atoms with Crippen molar-refractivity contribution < 1.29 is 62.0 Å². The molecule has 77 heavy (non-hydrogen) atoms. The predicted molar refractivity (Wildman–Crippen MR) is 288 cm³/mol. The van der Waals surface area contributed by atoms with Crippen LogP contribution in [-0.2, 0) is 40.4 Å². The van der Waals surface area contributed by atoms with Crippen LogP contribution >= 0.6 is 0 Å². The van der Waals surface area contributed by atoms with Crippen molar-refractivity contribution in [3.8, 4) is 22.5 Å². The van der Waals surface area contributed by atoms with Crippen molar-refractivity contribution in [1.82, 2.24) is 19.7 Å². The number of aliphatic hydroxyl groups excluding tert-OH is 2. The number of fused-ring (bicyclic) bond motifs is 2. The molecule has 0 unspecified atom stereocenters. The predicted octanol–water partition coefficient (Wildman–Crippen LogP) is 6.47. The van der Waals surface area contributed by atoms with Crippen molar-refractivity contribution in [3.63, 3.8) is 0 Å². The Hall–Kier alpha value is -6.66. The molecule has 0 spiro atoms. The first-order valence-electron chi connectivity index (χ1n) is 24.0. The van der Waals surface area contributed by atoms with Crippen LogP contribution in [0.1, 0.15) is 59.1 Å². The van der Waals surface area contributed by atoms with E-state index in [0.29, 0.717) is 53.7 Å². The third kappa shape index (κ3) is 12.2. The highest BCUT2D eigenvalue weighted by Crippen LogP contribution is 2.45. The summed E-state index contributed by atoms with van der Waals surface area (Å²) in [5.41, 5.74) is 2.81. The van der Waals surface area contributed by atoms with Crippen molar-refractivity contribution in [3.05, 3.63) is 105 Å². The highest BCUT2D eigenvalue weighted by molar-refractivity contribution is 7.89. The highest BCUT2D eigenvalue weighted by atomic mass is 32.2. The number of hydrogen-bond acceptors (Lipinski definition) is 19. The lowest BCUT2D eigenvalue weighted by molar-refractivity contribution is 0.310. The Balaban J connectivity index is 1.25. The quantitative estimate of drug-likeness (QED) is 0.0325. The molecule has 0 saturated heterocycles. The molecule has 3 aliphatic rings. The van der Waals surface area contributed by atoms with Gasteiger partial charge in [0.2, 0.25) is 27.9 Å². The smallest absolute Gasteiger partial charge is 0.296 e. The van der Waals surface area contributed by atoms with Crippen molar-refractivity contribution >= 4 is 86.3 Å². The van der Waals surface area contributed by atoms with Gasteiger partial charge in [0.05, 0.1) is 29.2 Å². The maximum Gasteiger partial charge on any atom is 0.296 e. The minimum atomic E-state index is -5.18. The standard InChI is InChI=1S/C50H57N9O14S4/c1-26-21-28(3)46(76(67,68)69)30(5)44(26)53-34-15-16-35-39(23-34)73-40-25-38(55-45-27(2)22-29(4)47(31(45)6)77(70,71)72)42(75(64,65)66)24-37(40)43(35)36-9-7-8-10-41(36)74(62,63)59-33-13-11-32(12-14-33)54-50-57-48(51-17-19-60)56-49(58-50)52-18-20-61/h7-10,15-16,21-25,32-33,53,59-61H,11-14,17-20H2,1-6H3,(H,64,65,66)(H,67,68,69)(H,70,71,72)(H3,51,52,54,56,57,58). The van der Waals surface area contributed by atoms with E-state index in [2.05, 4.69) is 45.9 Å². The largest absolute Gasteiger partial charge is 0.456 e. The van der Waals surface area contributed by atoms with Crippen molar-refractivity contribution in [2.75, 3.05) is 47.6 Å². The second-order valence-corrected chi connectivity index (χ2v) is 24.5. The Morgan fingerprint density at radius 2 is 1.18 bits per heavy atom. The first-order chi connectivity index (χ1) is 36.2. The molecule has 5 aromatic rings. The van der Waals surface area contributed by atoms with E-state index in [1.807, 2.05) is 0 Å². The topological polar surface area (TPSA) is 362 Å². The molecular formula is C50H57N9O14S4. The Labute approximate surface area is 445 Å². The second kappa shape index (κ2) is 22.0. The zero-order chi connectivity index (χ0) is 55.9. The summed E-state index contributed by atoms with van der Waals surface area (Å²) < 4.78 is 147. The molecule has 1 aromatic heterocycles. The van der Waals surface area contributed by atoms with Gasteiger partial charge in [0, 0.05) is 70.8 Å². The van der Waals surface area contributed by atoms with Crippen LogP contribution in [0.2, 0.25) is 0 Å². The van der Waals surface area contributed by atoms with Crippen LogP contribution in [-0.4, -0.2) is 111 Å². The summed E-state index contributed by atoms with van der Waals surface area (Å²) in [5, 5.41) is 30.8. The average molecular weight is 1140 g/mol. The Kier molecular flexibility index (Phi) is 16.2. The van der Waals surface area contributed by atoms with Gasteiger partial charge in [-0.15, -0.1) is 0 Å². The Morgan fingerprint density at radius 3 is 1.78 bits per heavy atom. The van der Waals surface area contributed by atoms with Gasteiger partial charge in [-0.25, -0.2) is 18.1 Å². The van der Waals surface area contributed by atoms with E-state index in [1.165, 1.54) is 51.1 Å². The Morgan fingerprint density at radius 1 is 0.610 bits per heavy atom. The highest BCUT2D eigenvalue weighted by Gasteiger charge is 2.32. The zero-order valence-electron chi connectivity index (χ0n) is 42.5. The molecular weight excluding hydrogens is 1080 g/mol. The first kappa shape index (κ1) is 56.5. The molecule has 0 radical (unpaired) electrons. The number of aromatic nitrogens is 3. The summed E-state index contributed by atoms with van der Waals surface area (Å²) >= 11 is 0. The lowest BCUT2D eigenvalue weighted by Gasteiger charge is -2.30. The van der Waals surface area contributed by atoms with Gasteiger partial charge in [0.15, 0.2) is 0 Å². The number of nitrogens with one attached hydrogen (secondary N) is 5. The van der Waals surface area contributed by atoms with Crippen LogP contribution < -0.4 is 31.3 Å². The van der Waals surface area contributed by atoms with E-state index >= 15 is 0 Å². The van der Waals surface area contributed by atoms with Crippen LogP contribution in [0.5, 0.6) is 0 Å². The second-order valence-electron chi connectivity index (χ2n) is 18.7. The molecule has 10 N–H and O–H groups in total. The van der Waals surface area contributed by atoms with Crippen LogP contribution in [0.15, 0.2) is 95.7 Å². The molecule has 27 heteroatoms. The van der Waals surface area contributed by atoms with Gasteiger partial charge in [0.1, 0.15) is 26.0 Å². The SMILES string of the molecule is Cc1cc(C)c(S(=O)(=O)O)c(C)c1N=c1cc2oc3cc(Nc4c(C)cc(C)c(S(=O)(=O)O)c4C)ccc3c(-c3ccccc3S(=O)(=O)NC3CCC(Nc4nc(NCCO)nc(NCCO)n4)CC3)c-2cc1S(=O)(=O)O. The fourth-order valence-electron chi connectivity index (χ4n) is 9.98. The summed E-state index contributed by atoms with van der Waals surface area (Å²) in [5.74, 6) is 0.550. The molecule has 0 bridgehead atoms. The van der Waals surface area contributed by atoms with Crippen LogP contribution in [0, 0.1) is 41.5 Å². The number of aryl methyl sites for hydroxylation is 4. The maximum atomic E-state index is 14.8. The summed E-state index contributed by atoms with van der Waals surface area (Å²) in [6.07, 6.45) is 1.77. The van der Waals surface area contributed by atoms with Gasteiger partial charge in [-0.3, -0.25) is 13.7 Å². The average Bonchev–Trinajstić information content (AvgIpc) is 3.36. The Bertz CT molecular complexity index is 3950. The third-order valence-corrected chi connectivity index (χ3v) is 17.9. The number of nitrogens with zero attached hydrogens (tertiary/aromatic N) is 4. The fourth-order valence-corrected chi connectivity index (χ4v) is 14.0. The van der Waals surface area contributed by atoms with Gasteiger partial charge >= 0.3 is 0 Å². The summed E-state index contributed by atoms with van der Waals surface area (Å²) in [4.78, 5) is 15.9. The lowest BCUT2D eigenvalue weighted by Crippen LogP contribution is -2.40. The van der Waals surface area contributed by atoms with Gasteiger partial charge in [-0.2, -0.15) is 40.2 Å². The minimum absolute atomic E-state index is 0.0146. The maximum absolute atomic E-state index is 14.8. The van der Waals surface area contributed by atoms with Crippen molar-refractivity contribution in [2.45, 2.75) is 98.9 Å². The number of benzene rings is 5. The van der Waals surface area contributed by atoms with Gasteiger partial charge in [-0.1, -0.05) is 30.3 Å². The molecule has 8 rings (SSSR count). The van der Waals surface area contributed by atoms with Crippen molar-refractivity contribution in [2.24, 2.45) is 4.99 Å². The number of anilines is 5. The van der Waals surface area contributed by atoms with E-state index in [0.717, 1.165) is 6.07 Å². The molecule has 0 atom stereocenters. The number of rotatable bonds is 18. The monoisotopic (exact) mass is 1140 g/mol. The molecule has 23 nitrogen and oxygen atoms in total. The van der Waals surface area contributed by atoms with E-state index in [-0.39, 0.29) is 116 Å². The fraction of sp³-hybridized carbons (Fsp3) is 0.320. The molecule has 410 valence electrons. The van der Waals surface area contributed by atoms with Crippen LogP contribution in [0.4, 0.5) is 34.9 Å². The third-order valence-electron chi connectivity index (χ3n) is 13.1. The number of sulfonamides is 1. The van der Waals surface area contributed by atoms with Crippen LogP contribution in [0.3, 0.4) is 0 Å². The number of hydrogen-bond donors (Lipinski definition) is 10. The molecule has 0 amide bonds. The first-order valence-corrected chi connectivity index (χ1v) is 29.8. The number of aliphatic hydroxyl groups is 2. The van der Waals surface area contributed by atoms with Crippen LogP contribution in [0.25, 0.3) is 33.4 Å². The van der Waals surface area contributed by atoms with Gasteiger partial charge in [0.25, 0.3) is 30.4 Å². The lowest BCUT2D eigenvalue weighted by atomic mass is 9.92. The van der Waals surface area contributed by atoms with E-state index in [4.69, 9.17) is 4.42 Å². The molecule has 1 saturated carbocycles. The minimum Gasteiger partial charge on any atom is -0.456 e. The molecule has 1 aliphatic heterocycles. The van der Waals surface area contributed by atoms with E-state index < -0.39 is 61.6 Å². The molecule has 2 heterocycles. The van der Waals surface area contributed by atoms with Gasteiger partial charge in [-0.05, 0) is 125 Å². The van der Waals surface area contributed by atoms with E-state index in [9.17, 15) is 57.5 Å².